The first kappa shape index (κ1) is 32.0. The van der Waals surface area contributed by atoms with Crippen LogP contribution in [0.5, 0.6) is 0 Å². The van der Waals surface area contributed by atoms with Crippen LogP contribution in [0.4, 0.5) is 17.1 Å². The third kappa shape index (κ3) is 5.65. The highest BCUT2D eigenvalue weighted by Crippen LogP contribution is 2.47. The SMILES string of the molecule is c1ccc(-c2ccc(N(c3cccc(-c4ccccc4-c4cccc5ccccc45)c3)c3ccccc3-c3cccc4sc5ccccc5c34)cc2)cc1. The maximum absolute atomic E-state index is 2.43. The molecule has 0 amide bonds. The monoisotopic (exact) mass is 705 g/mol. The quantitative estimate of drug-likeness (QED) is 0.160. The molecule has 0 atom stereocenters. The Kier molecular flexibility index (Phi) is 8.09. The lowest BCUT2D eigenvalue weighted by molar-refractivity contribution is 1.28. The number of para-hydroxylation sites is 1. The zero-order valence-corrected chi connectivity index (χ0v) is 30.4. The van der Waals surface area contributed by atoms with E-state index < -0.39 is 0 Å². The van der Waals surface area contributed by atoms with Crippen molar-refractivity contribution < 1.29 is 0 Å². The minimum Gasteiger partial charge on any atom is -0.310 e. The van der Waals surface area contributed by atoms with Crippen molar-refractivity contribution >= 4 is 59.3 Å². The van der Waals surface area contributed by atoms with E-state index in [1.54, 1.807) is 0 Å². The summed E-state index contributed by atoms with van der Waals surface area (Å²) in [5, 5.41) is 5.11. The summed E-state index contributed by atoms with van der Waals surface area (Å²) >= 11 is 1.86. The van der Waals surface area contributed by atoms with Crippen molar-refractivity contribution in [1.29, 1.82) is 0 Å². The van der Waals surface area contributed by atoms with Gasteiger partial charge in [0.15, 0.2) is 0 Å². The smallest absolute Gasteiger partial charge is 0.0540 e. The van der Waals surface area contributed by atoms with Crippen LogP contribution in [0.3, 0.4) is 0 Å². The van der Waals surface area contributed by atoms with E-state index in [0.717, 1.165) is 17.1 Å². The Hall–Kier alpha value is -6.74. The second-order valence-electron chi connectivity index (χ2n) is 13.7. The summed E-state index contributed by atoms with van der Waals surface area (Å²) in [6, 6.07) is 77.1. The number of anilines is 3. The van der Waals surface area contributed by atoms with Crippen molar-refractivity contribution in [3.8, 4) is 44.5 Å². The molecule has 10 rings (SSSR count). The molecule has 0 radical (unpaired) electrons. The molecule has 254 valence electrons. The molecule has 0 unspecified atom stereocenters. The maximum Gasteiger partial charge on any atom is 0.0540 e. The predicted molar refractivity (Wildman–Crippen MR) is 233 cm³/mol. The first-order valence-corrected chi connectivity index (χ1v) is 19.2. The molecule has 0 N–H and O–H groups in total. The van der Waals surface area contributed by atoms with Gasteiger partial charge in [-0.25, -0.2) is 0 Å². The van der Waals surface area contributed by atoms with Crippen molar-refractivity contribution in [2.75, 3.05) is 4.90 Å². The first-order chi connectivity index (χ1) is 26.8. The normalized spacial score (nSPS) is 11.3. The molecule has 2 heteroatoms. The Morgan fingerprint density at radius 2 is 0.889 bits per heavy atom. The molecule has 0 bridgehead atoms. The van der Waals surface area contributed by atoms with Gasteiger partial charge in [-0.15, -0.1) is 11.3 Å². The van der Waals surface area contributed by atoms with E-state index in [2.05, 4.69) is 217 Å². The lowest BCUT2D eigenvalue weighted by Crippen LogP contribution is -2.11. The predicted octanol–water partition coefficient (Wildman–Crippen LogP) is 15.3. The Bertz CT molecular complexity index is 2930. The first-order valence-electron chi connectivity index (χ1n) is 18.4. The molecule has 9 aromatic carbocycles. The molecule has 1 heterocycles. The van der Waals surface area contributed by atoms with E-state index in [4.69, 9.17) is 0 Å². The third-order valence-electron chi connectivity index (χ3n) is 10.5. The van der Waals surface area contributed by atoms with E-state index in [1.807, 2.05) is 11.3 Å². The second-order valence-corrected chi connectivity index (χ2v) is 14.7. The summed E-state index contributed by atoms with van der Waals surface area (Å²) < 4.78 is 2.61. The van der Waals surface area contributed by atoms with Crippen molar-refractivity contribution in [2.45, 2.75) is 0 Å². The van der Waals surface area contributed by atoms with Crippen LogP contribution >= 0.6 is 11.3 Å². The minimum absolute atomic E-state index is 1.10. The molecule has 0 saturated heterocycles. The van der Waals surface area contributed by atoms with Gasteiger partial charge in [0, 0.05) is 37.1 Å². The Labute approximate surface area is 319 Å². The summed E-state index contributed by atoms with van der Waals surface area (Å²) in [5.41, 5.74) is 13.0. The fourth-order valence-corrected chi connectivity index (χ4v) is 9.13. The number of fused-ring (bicyclic) bond motifs is 4. The zero-order valence-electron chi connectivity index (χ0n) is 29.6. The number of thiophene rings is 1. The summed E-state index contributed by atoms with van der Waals surface area (Å²) in [6.07, 6.45) is 0. The number of nitrogens with zero attached hydrogens (tertiary/aromatic N) is 1. The van der Waals surface area contributed by atoms with Crippen LogP contribution in [-0.2, 0) is 0 Å². The van der Waals surface area contributed by atoms with Crippen LogP contribution in [0.15, 0.2) is 212 Å². The standard InChI is InChI=1S/C52H35NS/c1-2-15-36(16-3-1)37-31-33-40(34-32-37)53(49-28-10-8-24-46(49)47-27-14-30-51-52(47)48-25-9-11-29-50(48)54-51)41-20-12-19-39(35-41)43-22-6-7-23-44(43)45-26-13-18-38-17-4-5-21-42(38)45/h1-35H. The average Bonchev–Trinajstić information content (AvgIpc) is 3.64. The lowest BCUT2D eigenvalue weighted by Gasteiger charge is -2.29. The molecule has 1 aromatic heterocycles. The molecule has 0 saturated carbocycles. The maximum atomic E-state index is 2.43. The number of hydrogen-bond donors (Lipinski definition) is 0. The molecule has 0 aliphatic rings. The number of benzene rings is 9. The molecule has 10 aromatic rings. The van der Waals surface area contributed by atoms with Crippen LogP contribution in [0.2, 0.25) is 0 Å². The van der Waals surface area contributed by atoms with E-state index in [9.17, 15) is 0 Å². The Morgan fingerprint density at radius 3 is 1.76 bits per heavy atom. The Balaban J connectivity index is 1.17. The lowest BCUT2D eigenvalue weighted by atomic mass is 9.91. The Morgan fingerprint density at radius 1 is 0.315 bits per heavy atom. The molecule has 1 nitrogen and oxygen atoms in total. The highest BCUT2D eigenvalue weighted by Gasteiger charge is 2.21. The molecule has 54 heavy (non-hydrogen) atoms. The third-order valence-corrected chi connectivity index (χ3v) is 11.6. The molecule has 0 aliphatic carbocycles. The largest absolute Gasteiger partial charge is 0.310 e. The number of rotatable bonds is 7. The molecular formula is C52H35NS. The minimum atomic E-state index is 1.10. The van der Waals surface area contributed by atoms with Gasteiger partial charge in [-0.2, -0.15) is 0 Å². The van der Waals surface area contributed by atoms with Gasteiger partial charge in [0.25, 0.3) is 0 Å². The van der Waals surface area contributed by atoms with E-state index in [1.165, 1.54) is 75.5 Å². The van der Waals surface area contributed by atoms with Crippen LogP contribution in [0, 0.1) is 0 Å². The molecule has 0 aliphatic heterocycles. The topological polar surface area (TPSA) is 3.24 Å². The molecule has 0 fully saturated rings. The molecule has 0 spiro atoms. The second kappa shape index (κ2) is 13.7. The van der Waals surface area contributed by atoms with Crippen molar-refractivity contribution in [2.24, 2.45) is 0 Å². The van der Waals surface area contributed by atoms with Crippen molar-refractivity contribution in [3.05, 3.63) is 212 Å². The molecular weight excluding hydrogens is 671 g/mol. The summed E-state index contributed by atoms with van der Waals surface area (Å²) in [4.78, 5) is 2.43. The average molecular weight is 706 g/mol. The van der Waals surface area contributed by atoms with Gasteiger partial charge in [0.05, 0.1) is 5.69 Å². The number of hydrogen-bond acceptors (Lipinski definition) is 2. The van der Waals surface area contributed by atoms with Gasteiger partial charge in [-0.05, 0) is 92.2 Å². The fourth-order valence-electron chi connectivity index (χ4n) is 8.00. The van der Waals surface area contributed by atoms with Gasteiger partial charge in [-0.3, -0.25) is 0 Å². The van der Waals surface area contributed by atoms with E-state index in [0.29, 0.717) is 0 Å². The zero-order chi connectivity index (χ0) is 35.8. The van der Waals surface area contributed by atoms with Crippen molar-refractivity contribution in [3.63, 3.8) is 0 Å². The fraction of sp³-hybridized carbons (Fsp3) is 0. The van der Waals surface area contributed by atoms with Gasteiger partial charge in [0.2, 0.25) is 0 Å². The van der Waals surface area contributed by atoms with Crippen molar-refractivity contribution in [1.82, 2.24) is 0 Å². The van der Waals surface area contributed by atoms with E-state index >= 15 is 0 Å². The van der Waals surface area contributed by atoms with Crippen LogP contribution < -0.4 is 4.90 Å². The summed E-state index contributed by atoms with van der Waals surface area (Å²) in [7, 11) is 0. The summed E-state index contributed by atoms with van der Waals surface area (Å²) in [5.74, 6) is 0. The summed E-state index contributed by atoms with van der Waals surface area (Å²) in [6.45, 7) is 0. The van der Waals surface area contributed by atoms with Gasteiger partial charge in [-0.1, -0.05) is 170 Å². The van der Waals surface area contributed by atoms with Gasteiger partial charge < -0.3 is 4.90 Å². The van der Waals surface area contributed by atoms with Gasteiger partial charge in [0.1, 0.15) is 0 Å². The van der Waals surface area contributed by atoms with Gasteiger partial charge >= 0.3 is 0 Å². The van der Waals surface area contributed by atoms with Crippen LogP contribution in [0.25, 0.3) is 75.5 Å². The van der Waals surface area contributed by atoms with E-state index in [-0.39, 0.29) is 0 Å². The van der Waals surface area contributed by atoms with Crippen LogP contribution in [-0.4, -0.2) is 0 Å². The highest BCUT2D eigenvalue weighted by atomic mass is 32.1. The van der Waals surface area contributed by atoms with Crippen LogP contribution in [0.1, 0.15) is 0 Å². The highest BCUT2D eigenvalue weighted by molar-refractivity contribution is 7.25.